The van der Waals surface area contributed by atoms with Gasteiger partial charge in [0.25, 0.3) is 0 Å². The second-order valence-corrected chi connectivity index (χ2v) is 12.1. The molecular weight excluding hydrogens is 572 g/mol. The molecule has 4 aromatic rings. The first-order valence-electron chi connectivity index (χ1n) is 15.0. The van der Waals surface area contributed by atoms with Crippen LogP contribution in [0.5, 0.6) is 11.5 Å². The van der Waals surface area contributed by atoms with Crippen molar-refractivity contribution in [2.24, 2.45) is 0 Å². The molecule has 44 heavy (non-hydrogen) atoms. The first-order valence-corrected chi connectivity index (χ1v) is 15.9. The van der Waals surface area contributed by atoms with Gasteiger partial charge in [0.15, 0.2) is 11.5 Å². The summed E-state index contributed by atoms with van der Waals surface area (Å²) in [6.45, 7) is 6.47. The van der Waals surface area contributed by atoms with Crippen LogP contribution >= 0.6 is 11.3 Å². The SMILES string of the molecule is CCN(Cc1cc(C2Cc3ccc(/C=C/C(=O)N(CC)Cc4cccs4)cc3C2)co1)C(=O)/C=C/c1ccc2c(c1)OCO2. The third-order valence-electron chi connectivity index (χ3n) is 8.20. The molecule has 7 nitrogen and oxygen atoms in total. The fourth-order valence-electron chi connectivity index (χ4n) is 5.70. The summed E-state index contributed by atoms with van der Waals surface area (Å²) in [7, 11) is 0. The van der Waals surface area contributed by atoms with Gasteiger partial charge in [-0.1, -0.05) is 30.3 Å². The minimum atomic E-state index is -0.0796. The number of amides is 2. The molecule has 0 saturated carbocycles. The van der Waals surface area contributed by atoms with Gasteiger partial charge >= 0.3 is 0 Å². The number of furan rings is 1. The van der Waals surface area contributed by atoms with Crippen LogP contribution in [0, 0.1) is 0 Å². The summed E-state index contributed by atoms with van der Waals surface area (Å²) < 4.78 is 16.7. The van der Waals surface area contributed by atoms with Gasteiger partial charge in [0.05, 0.1) is 19.4 Å². The molecule has 0 N–H and O–H groups in total. The number of thiophene rings is 1. The Morgan fingerprint density at radius 3 is 2.30 bits per heavy atom. The van der Waals surface area contributed by atoms with E-state index in [2.05, 4.69) is 30.3 Å². The van der Waals surface area contributed by atoms with Gasteiger partial charge in [0, 0.05) is 30.1 Å². The minimum Gasteiger partial charge on any atom is -0.467 e. The molecule has 0 saturated heterocycles. The first-order chi connectivity index (χ1) is 21.5. The highest BCUT2D eigenvalue weighted by atomic mass is 32.1. The van der Waals surface area contributed by atoms with Crippen LogP contribution in [-0.4, -0.2) is 41.5 Å². The number of rotatable bonds is 11. The minimum absolute atomic E-state index is 0.0215. The largest absolute Gasteiger partial charge is 0.467 e. The lowest BCUT2D eigenvalue weighted by Crippen LogP contribution is -2.28. The van der Waals surface area contributed by atoms with E-state index in [1.807, 2.05) is 60.7 Å². The van der Waals surface area contributed by atoms with Crippen molar-refractivity contribution >= 4 is 35.3 Å². The average molecular weight is 609 g/mol. The number of fused-ring (bicyclic) bond motifs is 2. The third kappa shape index (κ3) is 6.81. The van der Waals surface area contributed by atoms with Crippen LogP contribution in [-0.2, 0) is 35.5 Å². The predicted octanol–water partition coefficient (Wildman–Crippen LogP) is 7.08. The standard InChI is InChI=1S/C36H36N2O5S/c1-3-37(35(39)14-10-26-8-12-33-34(17-26)43-24-42-33)21-31-20-30(23-41-31)29-18-27-11-7-25(16-28(27)19-29)9-13-36(40)38(4-2)22-32-6-5-15-44-32/h5-17,20,23,29H,3-4,18-19,21-22,24H2,1-2H3/b13-9+,14-10+. The fourth-order valence-corrected chi connectivity index (χ4v) is 6.42. The Morgan fingerprint density at radius 1 is 0.841 bits per heavy atom. The Morgan fingerprint density at radius 2 is 1.55 bits per heavy atom. The number of hydrogen-bond donors (Lipinski definition) is 0. The van der Waals surface area contributed by atoms with Crippen molar-refractivity contribution in [2.75, 3.05) is 19.9 Å². The van der Waals surface area contributed by atoms with E-state index in [0.29, 0.717) is 37.8 Å². The van der Waals surface area contributed by atoms with E-state index in [9.17, 15) is 9.59 Å². The van der Waals surface area contributed by atoms with Gasteiger partial charge < -0.3 is 23.7 Å². The Balaban J connectivity index is 1.04. The third-order valence-corrected chi connectivity index (χ3v) is 9.06. The highest BCUT2D eigenvalue weighted by Crippen LogP contribution is 2.36. The van der Waals surface area contributed by atoms with Gasteiger partial charge in [-0.15, -0.1) is 11.3 Å². The van der Waals surface area contributed by atoms with Gasteiger partial charge in [0.1, 0.15) is 5.76 Å². The molecule has 6 rings (SSSR count). The molecule has 0 radical (unpaired) electrons. The number of benzene rings is 2. The van der Waals surface area contributed by atoms with Crippen molar-refractivity contribution in [1.29, 1.82) is 0 Å². The number of hydrogen-bond acceptors (Lipinski definition) is 6. The zero-order valence-electron chi connectivity index (χ0n) is 25.0. The summed E-state index contributed by atoms with van der Waals surface area (Å²) in [6.07, 6.45) is 10.7. The summed E-state index contributed by atoms with van der Waals surface area (Å²) in [4.78, 5) is 30.6. The smallest absolute Gasteiger partial charge is 0.246 e. The van der Waals surface area contributed by atoms with E-state index < -0.39 is 0 Å². The van der Waals surface area contributed by atoms with Gasteiger partial charge in [-0.05, 0) is 102 Å². The van der Waals surface area contributed by atoms with Gasteiger partial charge in [-0.25, -0.2) is 0 Å². The lowest BCUT2D eigenvalue weighted by atomic mass is 9.99. The lowest BCUT2D eigenvalue weighted by molar-refractivity contribution is -0.127. The van der Waals surface area contributed by atoms with Gasteiger partial charge in [-0.3, -0.25) is 9.59 Å². The highest BCUT2D eigenvalue weighted by Gasteiger charge is 2.25. The molecule has 0 bridgehead atoms. The van der Waals surface area contributed by atoms with Crippen molar-refractivity contribution in [3.8, 4) is 11.5 Å². The molecule has 0 spiro atoms. The van der Waals surface area contributed by atoms with Crippen molar-refractivity contribution in [3.05, 3.63) is 117 Å². The molecule has 8 heteroatoms. The molecule has 2 aromatic carbocycles. The molecule has 2 aliphatic rings. The molecule has 1 aliphatic carbocycles. The number of likely N-dealkylation sites (N-methyl/N-ethyl adjacent to an activating group) is 2. The zero-order valence-corrected chi connectivity index (χ0v) is 25.8. The van der Waals surface area contributed by atoms with Gasteiger partial charge in [-0.2, -0.15) is 0 Å². The normalized spacial score (nSPS) is 15.3. The number of carbonyl (C=O) groups is 2. The maximum Gasteiger partial charge on any atom is 0.246 e. The summed E-state index contributed by atoms with van der Waals surface area (Å²) in [5, 5.41) is 2.04. The van der Waals surface area contributed by atoms with E-state index in [0.717, 1.165) is 41.0 Å². The zero-order chi connectivity index (χ0) is 30.5. The van der Waals surface area contributed by atoms with Crippen molar-refractivity contribution < 1.29 is 23.5 Å². The predicted molar refractivity (Wildman–Crippen MR) is 172 cm³/mol. The van der Waals surface area contributed by atoms with Crippen molar-refractivity contribution in [2.45, 2.75) is 45.7 Å². The maximum atomic E-state index is 13.0. The van der Waals surface area contributed by atoms with Crippen LogP contribution in [0.25, 0.3) is 12.2 Å². The number of nitrogens with zero attached hydrogens (tertiary/aromatic N) is 2. The van der Waals surface area contributed by atoms with Crippen LogP contribution in [0.4, 0.5) is 0 Å². The van der Waals surface area contributed by atoms with Crippen LogP contribution in [0.15, 0.2) is 82.8 Å². The molecule has 1 aliphatic heterocycles. The molecule has 0 fully saturated rings. The Bertz CT molecular complexity index is 1690. The Kier molecular flexibility index (Phi) is 8.98. The summed E-state index contributed by atoms with van der Waals surface area (Å²) in [6, 6.07) is 18.2. The maximum absolute atomic E-state index is 13.0. The van der Waals surface area contributed by atoms with Crippen LogP contribution in [0.1, 0.15) is 58.2 Å². The molecule has 3 heterocycles. The van der Waals surface area contributed by atoms with E-state index in [4.69, 9.17) is 13.9 Å². The number of carbonyl (C=O) groups excluding carboxylic acids is 2. The molecule has 1 atom stereocenters. The quantitative estimate of drug-likeness (QED) is 0.170. The van der Waals surface area contributed by atoms with Gasteiger partial charge in [0.2, 0.25) is 18.6 Å². The second-order valence-electron chi connectivity index (χ2n) is 11.0. The van der Waals surface area contributed by atoms with E-state index in [1.165, 1.54) is 16.0 Å². The molecule has 226 valence electrons. The van der Waals surface area contributed by atoms with Crippen LogP contribution in [0.3, 0.4) is 0 Å². The van der Waals surface area contributed by atoms with E-state index >= 15 is 0 Å². The van der Waals surface area contributed by atoms with Crippen LogP contribution in [0.2, 0.25) is 0 Å². The van der Waals surface area contributed by atoms with E-state index in [-0.39, 0.29) is 18.6 Å². The highest BCUT2D eigenvalue weighted by molar-refractivity contribution is 7.09. The summed E-state index contributed by atoms with van der Waals surface area (Å²) >= 11 is 1.67. The Hall–Kier alpha value is -4.56. The molecule has 2 amide bonds. The summed E-state index contributed by atoms with van der Waals surface area (Å²) in [5.41, 5.74) is 5.69. The van der Waals surface area contributed by atoms with Crippen molar-refractivity contribution in [3.63, 3.8) is 0 Å². The molecular formula is C36H36N2O5S. The van der Waals surface area contributed by atoms with Crippen molar-refractivity contribution in [1.82, 2.24) is 9.80 Å². The molecule has 1 unspecified atom stereocenters. The Labute approximate surface area is 262 Å². The average Bonchev–Trinajstić information content (AvgIpc) is 3.86. The second kappa shape index (κ2) is 13.4. The fraction of sp³-hybridized carbons (Fsp3) is 0.278. The van der Waals surface area contributed by atoms with E-state index in [1.54, 1.807) is 34.5 Å². The first kappa shape index (κ1) is 29.5. The number of ether oxygens (including phenoxy) is 2. The topological polar surface area (TPSA) is 72.2 Å². The summed E-state index contributed by atoms with van der Waals surface area (Å²) in [5.74, 6) is 2.44. The lowest BCUT2D eigenvalue weighted by Gasteiger charge is -2.18. The monoisotopic (exact) mass is 608 g/mol. The molecule has 2 aromatic heterocycles. The van der Waals surface area contributed by atoms with Crippen LogP contribution < -0.4 is 9.47 Å².